The molecule has 4 atom stereocenters. The number of aliphatic hydroxyl groups is 1. The molecule has 2 heterocycles. The lowest BCUT2D eigenvalue weighted by atomic mass is 10.2. The number of aliphatic hydroxyl groups excluding tert-OH is 1. The van der Waals surface area contributed by atoms with E-state index in [1.165, 1.54) is 4.57 Å². The summed E-state index contributed by atoms with van der Waals surface area (Å²) in [4.78, 5) is 15.6. The van der Waals surface area contributed by atoms with Gasteiger partial charge < -0.3 is 19.7 Å². The molecule has 0 bridgehead atoms. The largest absolute Gasteiger partial charge is 0.394 e. The number of nitrogens with zero attached hydrogens (tertiary/aromatic N) is 2. The van der Waals surface area contributed by atoms with Gasteiger partial charge in [-0.2, -0.15) is 4.98 Å². The van der Waals surface area contributed by atoms with Crippen molar-refractivity contribution in [2.75, 3.05) is 19.0 Å². The second-order valence-electron chi connectivity index (χ2n) is 3.97. The summed E-state index contributed by atoms with van der Waals surface area (Å²) in [6, 6.07) is 1.69. The molecule has 1 aromatic heterocycles. The van der Waals surface area contributed by atoms with E-state index in [9.17, 15) is 4.79 Å². The van der Waals surface area contributed by atoms with Crippen LogP contribution in [-0.4, -0.2) is 40.5 Å². The van der Waals surface area contributed by atoms with E-state index in [4.69, 9.17) is 14.4 Å². The molecule has 7 nitrogen and oxygen atoms in total. The fourth-order valence-corrected chi connectivity index (χ4v) is 2.24. The van der Waals surface area contributed by atoms with Crippen molar-refractivity contribution in [2.24, 2.45) is 0 Å². The standard InChI is InChI=1S/C10H16N3O4P/c1-11-8-2-3-13(10(15)12-8)9-4-6(17-18)7(5-14)16-9/h2-3,6-7,9,14H,4-5,18H2,1H3,(H,11,12,15)/t6-,7-,9-/m1/s1. The summed E-state index contributed by atoms with van der Waals surface area (Å²) in [5.74, 6) is 0.506. The highest BCUT2D eigenvalue weighted by Gasteiger charge is 2.36. The van der Waals surface area contributed by atoms with Gasteiger partial charge in [0.2, 0.25) is 0 Å². The Morgan fingerprint density at radius 3 is 3.06 bits per heavy atom. The van der Waals surface area contributed by atoms with Crippen LogP contribution in [0.15, 0.2) is 17.1 Å². The normalized spacial score (nSPS) is 27.4. The van der Waals surface area contributed by atoms with Crippen molar-refractivity contribution in [3.63, 3.8) is 0 Å². The predicted molar refractivity (Wildman–Crippen MR) is 68.2 cm³/mol. The summed E-state index contributed by atoms with van der Waals surface area (Å²) in [5, 5.41) is 11.9. The van der Waals surface area contributed by atoms with Crippen LogP contribution in [0.2, 0.25) is 0 Å². The number of anilines is 1. The van der Waals surface area contributed by atoms with Crippen LogP contribution in [0.3, 0.4) is 0 Å². The maximum absolute atomic E-state index is 11.8. The van der Waals surface area contributed by atoms with Gasteiger partial charge in [0.15, 0.2) is 0 Å². The van der Waals surface area contributed by atoms with Gasteiger partial charge in [0.25, 0.3) is 0 Å². The first kappa shape index (κ1) is 13.4. The number of rotatable bonds is 4. The van der Waals surface area contributed by atoms with Gasteiger partial charge >= 0.3 is 5.69 Å². The van der Waals surface area contributed by atoms with Gasteiger partial charge in [-0.05, 0) is 6.07 Å². The number of ether oxygens (including phenoxy) is 1. The molecule has 100 valence electrons. The maximum Gasteiger partial charge on any atom is 0.351 e. The van der Waals surface area contributed by atoms with Crippen molar-refractivity contribution < 1.29 is 14.4 Å². The summed E-state index contributed by atoms with van der Waals surface area (Å²) in [5.41, 5.74) is -0.395. The molecular weight excluding hydrogens is 257 g/mol. The molecule has 1 aromatic rings. The number of aromatic nitrogens is 2. The summed E-state index contributed by atoms with van der Waals surface area (Å²) in [6.45, 7) is -0.146. The van der Waals surface area contributed by atoms with Crippen LogP contribution >= 0.6 is 9.47 Å². The minimum Gasteiger partial charge on any atom is -0.394 e. The molecule has 2 N–H and O–H groups in total. The lowest BCUT2D eigenvalue weighted by Crippen LogP contribution is -2.27. The Kier molecular flexibility index (Phi) is 4.29. The molecule has 8 heteroatoms. The molecule has 0 spiro atoms. The zero-order valence-electron chi connectivity index (χ0n) is 9.94. The monoisotopic (exact) mass is 273 g/mol. The highest BCUT2D eigenvalue weighted by atomic mass is 31.0. The second-order valence-corrected chi connectivity index (χ2v) is 4.25. The zero-order chi connectivity index (χ0) is 13.1. The lowest BCUT2D eigenvalue weighted by molar-refractivity contribution is -0.0401. The molecule has 0 amide bonds. The fraction of sp³-hybridized carbons (Fsp3) is 0.600. The Bertz CT molecular complexity index is 455. The summed E-state index contributed by atoms with van der Waals surface area (Å²) in [7, 11) is 3.85. The number of nitrogens with one attached hydrogen (secondary N) is 1. The molecule has 18 heavy (non-hydrogen) atoms. The maximum atomic E-state index is 11.8. The van der Waals surface area contributed by atoms with Crippen LogP contribution in [0.4, 0.5) is 5.82 Å². The molecule has 1 aliphatic heterocycles. The van der Waals surface area contributed by atoms with Gasteiger partial charge in [-0.15, -0.1) is 0 Å². The predicted octanol–water partition coefficient (Wildman–Crippen LogP) is -0.260. The lowest BCUT2D eigenvalue weighted by Gasteiger charge is -2.14. The van der Waals surface area contributed by atoms with Crippen LogP contribution in [0.5, 0.6) is 0 Å². The second kappa shape index (κ2) is 5.75. The first-order chi connectivity index (χ1) is 8.69. The van der Waals surface area contributed by atoms with Gasteiger partial charge in [-0.25, -0.2) is 4.79 Å². The van der Waals surface area contributed by atoms with Crippen LogP contribution in [0, 0.1) is 0 Å². The topological polar surface area (TPSA) is 85.6 Å². The highest BCUT2D eigenvalue weighted by molar-refractivity contribution is 7.09. The summed E-state index contributed by atoms with van der Waals surface area (Å²) < 4.78 is 12.1. The van der Waals surface area contributed by atoms with Crippen molar-refractivity contribution in [3.05, 3.63) is 22.7 Å². The zero-order valence-corrected chi connectivity index (χ0v) is 11.1. The van der Waals surface area contributed by atoms with Crippen LogP contribution < -0.4 is 11.0 Å². The highest BCUT2D eigenvalue weighted by Crippen LogP contribution is 2.30. The Morgan fingerprint density at radius 2 is 2.56 bits per heavy atom. The molecule has 2 rings (SSSR count). The van der Waals surface area contributed by atoms with E-state index >= 15 is 0 Å². The number of hydrogen-bond acceptors (Lipinski definition) is 6. The van der Waals surface area contributed by atoms with Gasteiger partial charge in [0.1, 0.15) is 18.1 Å². The fourth-order valence-electron chi connectivity index (χ4n) is 1.95. The Balaban J connectivity index is 2.21. The van der Waals surface area contributed by atoms with Crippen molar-refractivity contribution in [1.82, 2.24) is 9.55 Å². The molecule has 0 aromatic carbocycles. The SMILES string of the molecule is CNc1ccn([C@H]2C[C@@H](OP)[C@@H](CO)O2)c(=O)n1. The van der Waals surface area contributed by atoms with Crippen LogP contribution in [0.25, 0.3) is 0 Å². The molecule has 0 radical (unpaired) electrons. The first-order valence-electron chi connectivity index (χ1n) is 5.58. The van der Waals surface area contributed by atoms with Crippen molar-refractivity contribution in [1.29, 1.82) is 0 Å². The molecule has 1 unspecified atom stereocenters. The third kappa shape index (κ3) is 2.54. The molecular formula is C10H16N3O4P. The van der Waals surface area contributed by atoms with Gasteiger partial charge in [-0.3, -0.25) is 4.57 Å². The first-order valence-corrected chi connectivity index (χ1v) is 6.05. The minimum absolute atomic E-state index is 0.146. The quantitative estimate of drug-likeness (QED) is 0.735. The Labute approximate surface area is 106 Å². The third-order valence-electron chi connectivity index (χ3n) is 2.93. The molecule has 1 saturated heterocycles. The smallest absolute Gasteiger partial charge is 0.351 e. The van der Waals surface area contributed by atoms with E-state index < -0.39 is 18.0 Å². The van der Waals surface area contributed by atoms with E-state index in [-0.39, 0.29) is 12.7 Å². The van der Waals surface area contributed by atoms with Crippen molar-refractivity contribution in [2.45, 2.75) is 24.9 Å². The summed E-state index contributed by atoms with van der Waals surface area (Å²) in [6.07, 6.45) is 0.976. The van der Waals surface area contributed by atoms with E-state index in [0.717, 1.165) is 0 Å². The van der Waals surface area contributed by atoms with Gasteiger partial charge in [0, 0.05) is 29.1 Å². The van der Waals surface area contributed by atoms with E-state index in [2.05, 4.69) is 19.8 Å². The summed E-state index contributed by atoms with van der Waals surface area (Å²) >= 11 is 0. The van der Waals surface area contributed by atoms with Crippen molar-refractivity contribution >= 4 is 15.3 Å². The van der Waals surface area contributed by atoms with E-state index in [1.807, 2.05) is 0 Å². The molecule has 1 aliphatic rings. The van der Waals surface area contributed by atoms with Gasteiger partial charge in [-0.1, -0.05) is 0 Å². The number of hydrogen-bond donors (Lipinski definition) is 2. The van der Waals surface area contributed by atoms with E-state index in [0.29, 0.717) is 12.2 Å². The van der Waals surface area contributed by atoms with Crippen LogP contribution in [0.1, 0.15) is 12.6 Å². The van der Waals surface area contributed by atoms with Crippen LogP contribution in [-0.2, 0) is 9.26 Å². The Hall–Kier alpha value is -1.01. The molecule has 0 aliphatic carbocycles. The molecule has 0 saturated carbocycles. The third-order valence-corrected chi connectivity index (χ3v) is 3.28. The minimum atomic E-state index is -0.460. The Morgan fingerprint density at radius 1 is 1.78 bits per heavy atom. The average molecular weight is 273 g/mol. The van der Waals surface area contributed by atoms with Gasteiger partial charge in [0.05, 0.1) is 12.7 Å². The van der Waals surface area contributed by atoms with E-state index in [1.54, 1.807) is 19.3 Å². The van der Waals surface area contributed by atoms with Crippen molar-refractivity contribution in [3.8, 4) is 0 Å². The molecule has 1 fully saturated rings. The average Bonchev–Trinajstić information content (AvgIpc) is 2.81.